The number of aryl methyl sites for hydroxylation is 1. The quantitative estimate of drug-likeness (QED) is 0.560. The molecule has 1 amide bonds. The Kier molecular flexibility index (Phi) is 5.33. The molecule has 7 nitrogen and oxygen atoms in total. The van der Waals surface area contributed by atoms with Crippen LogP contribution < -0.4 is 20.3 Å². The van der Waals surface area contributed by atoms with Gasteiger partial charge in [0.1, 0.15) is 0 Å². The molecule has 5 rings (SSSR count). The van der Waals surface area contributed by atoms with Gasteiger partial charge in [0.05, 0.1) is 5.39 Å². The molecule has 3 aromatic rings. The van der Waals surface area contributed by atoms with E-state index in [2.05, 4.69) is 17.3 Å². The number of carbonyl (C=O) groups excluding carboxylic acids is 1. The number of nitrogens with zero attached hydrogens (tertiary/aromatic N) is 2. The predicted octanol–water partition coefficient (Wildman–Crippen LogP) is 4.88. The molecule has 0 radical (unpaired) electrons. The normalized spacial score (nSPS) is 16.0. The van der Waals surface area contributed by atoms with Crippen LogP contribution in [0.1, 0.15) is 62.4 Å². The highest BCUT2D eigenvalue weighted by atomic mass is 16.7. The van der Waals surface area contributed by atoms with Crippen molar-refractivity contribution in [3.05, 3.63) is 58.5 Å². The molecule has 0 bridgehead atoms. The van der Waals surface area contributed by atoms with E-state index in [-0.39, 0.29) is 17.2 Å². The first-order valence-electron chi connectivity index (χ1n) is 11.4. The average Bonchev–Trinajstić information content (AvgIpc) is 3.40. The molecule has 2 aromatic carbocycles. The van der Waals surface area contributed by atoms with Gasteiger partial charge >= 0.3 is 0 Å². The van der Waals surface area contributed by atoms with E-state index in [4.69, 9.17) is 9.47 Å². The molecule has 1 aliphatic carbocycles. The lowest BCUT2D eigenvalue weighted by molar-refractivity contribution is -0.0716. The minimum absolute atomic E-state index is 0.168. The van der Waals surface area contributed by atoms with Gasteiger partial charge in [0.2, 0.25) is 0 Å². The van der Waals surface area contributed by atoms with E-state index < -0.39 is 5.79 Å². The SMILES string of the molecule is CCCCCn1nc(C(=O)Nc2ccc3c(c2)OC2(CCCC2)O3)c2ccccc2c1=O. The molecule has 2 aliphatic rings. The van der Waals surface area contributed by atoms with E-state index in [0.717, 1.165) is 44.9 Å². The van der Waals surface area contributed by atoms with E-state index in [1.807, 2.05) is 12.1 Å². The van der Waals surface area contributed by atoms with E-state index in [9.17, 15) is 9.59 Å². The van der Waals surface area contributed by atoms with Crippen molar-refractivity contribution >= 4 is 22.4 Å². The molecule has 32 heavy (non-hydrogen) atoms. The summed E-state index contributed by atoms with van der Waals surface area (Å²) in [4.78, 5) is 26.1. The molecule has 1 aromatic heterocycles. The van der Waals surface area contributed by atoms with Crippen molar-refractivity contribution in [2.45, 2.75) is 64.2 Å². The molecule has 1 saturated carbocycles. The summed E-state index contributed by atoms with van der Waals surface area (Å²) in [6.07, 6.45) is 6.81. The van der Waals surface area contributed by atoms with Crippen LogP contribution in [0, 0.1) is 0 Å². The van der Waals surface area contributed by atoms with Crippen LogP contribution in [0.3, 0.4) is 0 Å². The number of nitrogens with one attached hydrogen (secondary N) is 1. The summed E-state index contributed by atoms with van der Waals surface area (Å²) in [5.74, 6) is 0.446. The number of benzene rings is 2. The molecule has 0 unspecified atom stereocenters. The highest BCUT2D eigenvalue weighted by Gasteiger charge is 2.44. The molecule has 1 fully saturated rings. The third-order valence-electron chi connectivity index (χ3n) is 6.22. The number of ether oxygens (including phenoxy) is 2. The summed E-state index contributed by atoms with van der Waals surface area (Å²) in [5, 5.41) is 8.40. The maximum Gasteiger partial charge on any atom is 0.276 e. The van der Waals surface area contributed by atoms with E-state index in [1.54, 1.807) is 30.3 Å². The number of fused-ring (bicyclic) bond motifs is 2. The number of carbonyl (C=O) groups is 1. The van der Waals surface area contributed by atoms with Crippen molar-refractivity contribution in [1.82, 2.24) is 9.78 Å². The lowest BCUT2D eigenvalue weighted by atomic mass is 10.1. The van der Waals surface area contributed by atoms with Crippen molar-refractivity contribution in [3.8, 4) is 11.5 Å². The Labute approximate surface area is 186 Å². The standard InChI is InChI=1S/C25H27N3O4/c1-2-3-8-15-28-24(30)19-10-5-4-9-18(19)22(27-28)23(29)26-17-11-12-20-21(16-17)32-25(31-20)13-6-7-14-25/h4-5,9-12,16H,2-3,6-8,13-15H2,1H3,(H,26,29). The van der Waals surface area contributed by atoms with Crippen molar-refractivity contribution < 1.29 is 14.3 Å². The van der Waals surface area contributed by atoms with Gasteiger partial charge in [0.15, 0.2) is 17.2 Å². The fourth-order valence-corrected chi connectivity index (χ4v) is 4.55. The second kappa shape index (κ2) is 8.30. The summed E-state index contributed by atoms with van der Waals surface area (Å²) in [6, 6.07) is 12.5. The largest absolute Gasteiger partial charge is 0.448 e. The zero-order valence-corrected chi connectivity index (χ0v) is 18.2. The van der Waals surface area contributed by atoms with Gasteiger partial charge in [-0.15, -0.1) is 0 Å². The molecular formula is C25H27N3O4. The molecule has 2 heterocycles. The Hall–Kier alpha value is -3.35. The highest BCUT2D eigenvalue weighted by molar-refractivity contribution is 6.11. The van der Waals surface area contributed by atoms with E-state index in [1.165, 1.54) is 4.68 Å². The number of amides is 1. The predicted molar refractivity (Wildman–Crippen MR) is 122 cm³/mol. The van der Waals surface area contributed by atoms with Crippen LogP contribution in [0.4, 0.5) is 5.69 Å². The smallest absolute Gasteiger partial charge is 0.276 e. The molecule has 1 N–H and O–H groups in total. The number of anilines is 1. The fourth-order valence-electron chi connectivity index (χ4n) is 4.55. The Morgan fingerprint density at radius 1 is 1.06 bits per heavy atom. The third-order valence-corrected chi connectivity index (χ3v) is 6.22. The lowest BCUT2D eigenvalue weighted by Gasteiger charge is -2.21. The summed E-state index contributed by atoms with van der Waals surface area (Å²) in [7, 11) is 0. The van der Waals surface area contributed by atoms with Crippen molar-refractivity contribution in [1.29, 1.82) is 0 Å². The van der Waals surface area contributed by atoms with Crippen LogP contribution >= 0.6 is 0 Å². The van der Waals surface area contributed by atoms with Crippen LogP contribution in [-0.4, -0.2) is 21.5 Å². The first-order chi connectivity index (χ1) is 15.6. The van der Waals surface area contributed by atoms with Crippen LogP contribution in [0.25, 0.3) is 10.8 Å². The molecule has 0 saturated heterocycles. The minimum Gasteiger partial charge on any atom is -0.448 e. The molecule has 1 spiro atoms. The lowest BCUT2D eigenvalue weighted by Crippen LogP contribution is -2.34. The number of hydrogen-bond acceptors (Lipinski definition) is 5. The van der Waals surface area contributed by atoms with Crippen LogP contribution in [-0.2, 0) is 6.54 Å². The van der Waals surface area contributed by atoms with Crippen molar-refractivity contribution in [3.63, 3.8) is 0 Å². The maximum atomic E-state index is 13.2. The van der Waals surface area contributed by atoms with Crippen molar-refractivity contribution in [2.75, 3.05) is 5.32 Å². The second-order valence-electron chi connectivity index (χ2n) is 8.57. The van der Waals surface area contributed by atoms with Gasteiger partial charge in [0.25, 0.3) is 17.3 Å². The van der Waals surface area contributed by atoms with Gasteiger partial charge in [-0.25, -0.2) is 4.68 Å². The molecule has 166 valence electrons. The summed E-state index contributed by atoms with van der Waals surface area (Å²) in [5.41, 5.74) is 0.668. The van der Waals surface area contributed by atoms with Gasteiger partial charge in [-0.2, -0.15) is 5.10 Å². The first kappa shape index (κ1) is 20.5. The molecule has 0 atom stereocenters. The van der Waals surface area contributed by atoms with Gasteiger partial charge in [0, 0.05) is 36.5 Å². The number of aromatic nitrogens is 2. The minimum atomic E-state index is -0.545. The zero-order valence-electron chi connectivity index (χ0n) is 18.2. The Bertz CT molecular complexity index is 1230. The Morgan fingerprint density at radius 2 is 1.81 bits per heavy atom. The van der Waals surface area contributed by atoms with Crippen LogP contribution in [0.5, 0.6) is 11.5 Å². The topological polar surface area (TPSA) is 82.5 Å². The second-order valence-corrected chi connectivity index (χ2v) is 8.57. The maximum absolute atomic E-state index is 13.2. The highest BCUT2D eigenvalue weighted by Crippen LogP contribution is 2.47. The molecule has 1 aliphatic heterocycles. The average molecular weight is 434 g/mol. The van der Waals surface area contributed by atoms with E-state index >= 15 is 0 Å². The Morgan fingerprint density at radius 3 is 2.59 bits per heavy atom. The van der Waals surface area contributed by atoms with Gasteiger partial charge in [-0.1, -0.05) is 38.0 Å². The van der Waals surface area contributed by atoms with Crippen molar-refractivity contribution in [2.24, 2.45) is 0 Å². The first-order valence-corrected chi connectivity index (χ1v) is 11.4. The fraction of sp³-hybridized carbons (Fsp3) is 0.400. The molecule has 7 heteroatoms. The Balaban J connectivity index is 1.43. The molecular weight excluding hydrogens is 406 g/mol. The van der Waals surface area contributed by atoms with Crippen LogP contribution in [0.15, 0.2) is 47.3 Å². The van der Waals surface area contributed by atoms with Crippen LogP contribution in [0.2, 0.25) is 0 Å². The summed E-state index contributed by atoms with van der Waals surface area (Å²) < 4.78 is 13.6. The van der Waals surface area contributed by atoms with Gasteiger partial charge in [-0.3, -0.25) is 9.59 Å². The number of rotatable bonds is 6. The van der Waals surface area contributed by atoms with Gasteiger partial charge in [-0.05, 0) is 37.5 Å². The third kappa shape index (κ3) is 3.72. The monoisotopic (exact) mass is 433 g/mol. The number of unbranched alkanes of at least 4 members (excludes halogenated alkanes) is 2. The summed E-state index contributed by atoms with van der Waals surface area (Å²) >= 11 is 0. The number of hydrogen-bond donors (Lipinski definition) is 1. The summed E-state index contributed by atoms with van der Waals surface area (Å²) in [6.45, 7) is 2.60. The van der Waals surface area contributed by atoms with E-state index in [0.29, 0.717) is 34.5 Å². The van der Waals surface area contributed by atoms with Gasteiger partial charge < -0.3 is 14.8 Å². The zero-order chi connectivity index (χ0) is 22.1.